The topological polar surface area (TPSA) is 69.6 Å². The Morgan fingerprint density at radius 2 is 2.06 bits per heavy atom. The van der Waals surface area contributed by atoms with Gasteiger partial charge in [-0.15, -0.1) is 0 Å². The summed E-state index contributed by atoms with van der Waals surface area (Å²) in [6, 6.07) is 0. The number of carbonyl (C=O) groups is 2. The number of amides is 1. The number of carbonyl (C=O) groups excluding carboxylic acids is 1. The normalized spacial score (nSPS) is 27.7. The third-order valence-electron chi connectivity index (χ3n) is 4.03. The number of nitrogens with zero attached hydrogens (tertiary/aromatic N) is 1. The van der Waals surface area contributed by atoms with Crippen molar-refractivity contribution in [1.29, 1.82) is 0 Å². The summed E-state index contributed by atoms with van der Waals surface area (Å²) < 4.78 is 0. The molecule has 0 aromatic carbocycles. The number of rotatable bonds is 2. The predicted octanol–water partition coefficient (Wildman–Crippen LogP) is 0.619. The number of piperidine rings is 1. The van der Waals surface area contributed by atoms with Gasteiger partial charge in [-0.25, -0.2) is 0 Å². The zero-order valence-corrected chi connectivity index (χ0v) is 11.0. The van der Waals surface area contributed by atoms with Gasteiger partial charge in [0.25, 0.3) is 0 Å². The number of hydrogen-bond donors (Lipinski definition) is 2. The fraction of sp³-hybridized carbons (Fsp3) is 0.692. The maximum Gasteiger partial charge on any atom is 0.311 e. The van der Waals surface area contributed by atoms with Crippen molar-refractivity contribution >= 4 is 11.9 Å². The van der Waals surface area contributed by atoms with E-state index in [9.17, 15) is 14.7 Å². The van der Waals surface area contributed by atoms with Gasteiger partial charge in [0.05, 0.1) is 5.41 Å². The molecule has 2 rings (SSSR count). The maximum absolute atomic E-state index is 12.3. The van der Waals surface area contributed by atoms with Gasteiger partial charge in [-0.2, -0.15) is 0 Å². The van der Waals surface area contributed by atoms with Crippen LogP contribution in [0.3, 0.4) is 0 Å². The van der Waals surface area contributed by atoms with E-state index in [1.165, 1.54) is 0 Å². The molecule has 2 N–H and O–H groups in total. The first-order chi connectivity index (χ1) is 8.44. The molecule has 1 atom stereocenters. The number of nitrogens with one attached hydrogen (secondary N) is 1. The van der Waals surface area contributed by atoms with E-state index in [1.54, 1.807) is 11.8 Å². The number of carboxylic acid groups (broad SMARTS) is 1. The van der Waals surface area contributed by atoms with Crippen molar-refractivity contribution in [2.45, 2.75) is 26.7 Å². The Hall–Kier alpha value is -1.36. The summed E-state index contributed by atoms with van der Waals surface area (Å²) in [7, 11) is 0. The number of hydrogen-bond acceptors (Lipinski definition) is 3. The lowest BCUT2D eigenvalue weighted by Crippen LogP contribution is -2.49. The zero-order chi connectivity index (χ0) is 13.3. The second-order valence-electron chi connectivity index (χ2n) is 5.53. The van der Waals surface area contributed by atoms with E-state index in [1.807, 2.05) is 6.92 Å². The molecule has 0 saturated carbocycles. The predicted molar refractivity (Wildman–Crippen MR) is 67.1 cm³/mol. The SMILES string of the molecule is CC(C(=O)N1CCCC(C)(C(=O)O)C1)=C1CNC1. The average Bonchev–Trinajstić information content (AvgIpc) is 2.25. The van der Waals surface area contributed by atoms with Gasteiger partial charge in [0.2, 0.25) is 5.91 Å². The summed E-state index contributed by atoms with van der Waals surface area (Å²) in [5, 5.41) is 12.4. The molecule has 1 amide bonds. The van der Waals surface area contributed by atoms with Crippen LogP contribution in [0.1, 0.15) is 26.7 Å². The third kappa shape index (κ3) is 2.27. The van der Waals surface area contributed by atoms with Crippen molar-refractivity contribution in [2.24, 2.45) is 5.41 Å². The Bertz CT molecular complexity index is 410. The fourth-order valence-electron chi connectivity index (χ4n) is 2.49. The van der Waals surface area contributed by atoms with Crippen molar-refractivity contribution in [3.8, 4) is 0 Å². The lowest BCUT2D eigenvalue weighted by Gasteiger charge is -2.38. The summed E-state index contributed by atoms with van der Waals surface area (Å²) >= 11 is 0. The molecule has 0 spiro atoms. The van der Waals surface area contributed by atoms with Crippen LogP contribution < -0.4 is 5.32 Å². The molecule has 0 radical (unpaired) electrons. The van der Waals surface area contributed by atoms with Crippen molar-refractivity contribution in [3.63, 3.8) is 0 Å². The van der Waals surface area contributed by atoms with E-state index in [2.05, 4.69) is 5.32 Å². The van der Waals surface area contributed by atoms with Gasteiger partial charge in [-0.1, -0.05) is 0 Å². The van der Waals surface area contributed by atoms with Crippen LogP contribution in [-0.2, 0) is 9.59 Å². The Balaban J connectivity index is 2.09. The fourth-order valence-corrected chi connectivity index (χ4v) is 2.49. The van der Waals surface area contributed by atoms with Crippen molar-refractivity contribution in [2.75, 3.05) is 26.2 Å². The minimum atomic E-state index is -0.810. The van der Waals surface area contributed by atoms with Gasteiger partial charge in [0.15, 0.2) is 0 Å². The minimum absolute atomic E-state index is 0.00123. The standard InChI is InChI=1S/C13H20N2O3/c1-9(10-6-14-7-10)11(16)15-5-3-4-13(2,8-15)12(17)18/h14H,3-8H2,1-2H3,(H,17,18). The molecule has 100 valence electrons. The molecule has 1 unspecified atom stereocenters. The van der Waals surface area contributed by atoms with E-state index in [-0.39, 0.29) is 5.91 Å². The number of likely N-dealkylation sites (tertiary alicyclic amines) is 1. The maximum atomic E-state index is 12.3. The van der Waals surface area contributed by atoms with Crippen LogP contribution in [0.25, 0.3) is 0 Å². The lowest BCUT2D eigenvalue weighted by molar-refractivity contribution is -0.152. The highest BCUT2D eigenvalue weighted by molar-refractivity contribution is 5.94. The van der Waals surface area contributed by atoms with E-state index in [4.69, 9.17) is 0 Å². The first-order valence-corrected chi connectivity index (χ1v) is 6.36. The van der Waals surface area contributed by atoms with E-state index < -0.39 is 11.4 Å². The van der Waals surface area contributed by atoms with Gasteiger partial charge in [0.1, 0.15) is 0 Å². The largest absolute Gasteiger partial charge is 0.481 e. The van der Waals surface area contributed by atoms with E-state index in [0.29, 0.717) is 19.5 Å². The van der Waals surface area contributed by atoms with Crippen LogP contribution >= 0.6 is 0 Å². The molecular formula is C13H20N2O3. The highest BCUT2D eigenvalue weighted by Crippen LogP contribution is 2.30. The average molecular weight is 252 g/mol. The molecule has 5 heteroatoms. The summed E-state index contributed by atoms with van der Waals surface area (Å²) in [5.41, 5.74) is 1.13. The van der Waals surface area contributed by atoms with Gasteiger partial charge >= 0.3 is 5.97 Å². The van der Waals surface area contributed by atoms with Gasteiger partial charge in [-0.05, 0) is 32.3 Å². The zero-order valence-electron chi connectivity index (χ0n) is 11.0. The third-order valence-corrected chi connectivity index (χ3v) is 4.03. The number of aliphatic carboxylic acids is 1. The molecule has 2 aliphatic rings. The first kappa shape index (κ1) is 13.1. The molecule has 0 aromatic heterocycles. The quantitative estimate of drug-likeness (QED) is 0.707. The van der Waals surface area contributed by atoms with E-state index in [0.717, 1.165) is 30.7 Å². The lowest BCUT2D eigenvalue weighted by atomic mass is 9.81. The summed E-state index contributed by atoms with van der Waals surface area (Å²) in [6.45, 7) is 6.11. The minimum Gasteiger partial charge on any atom is -0.481 e. The van der Waals surface area contributed by atoms with Crippen LogP contribution in [0, 0.1) is 5.41 Å². The number of carboxylic acids is 1. The summed E-state index contributed by atoms with van der Waals surface area (Å²) in [5.74, 6) is -0.811. The van der Waals surface area contributed by atoms with E-state index >= 15 is 0 Å². The highest BCUT2D eigenvalue weighted by Gasteiger charge is 2.39. The van der Waals surface area contributed by atoms with Crippen LogP contribution in [0.5, 0.6) is 0 Å². The Labute approximate surface area is 107 Å². The Kier molecular flexibility index (Phi) is 3.43. The molecule has 0 aliphatic carbocycles. The molecule has 0 bridgehead atoms. The molecular weight excluding hydrogens is 232 g/mol. The molecule has 5 nitrogen and oxygen atoms in total. The van der Waals surface area contributed by atoms with Crippen LogP contribution in [0.2, 0.25) is 0 Å². The smallest absolute Gasteiger partial charge is 0.311 e. The molecule has 0 aromatic rings. The first-order valence-electron chi connectivity index (χ1n) is 6.36. The molecule has 2 heterocycles. The highest BCUT2D eigenvalue weighted by atomic mass is 16.4. The van der Waals surface area contributed by atoms with Crippen LogP contribution in [-0.4, -0.2) is 48.1 Å². The molecule has 2 fully saturated rings. The van der Waals surface area contributed by atoms with Gasteiger partial charge < -0.3 is 15.3 Å². The molecule has 2 aliphatic heterocycles. The van der Waals surface area contributed by atoms with Crippen molar-refractivity contribution in [1.82, 2.24) is 10.2 Å². The summed E-state index contributed by atoms with van der Waals surface area (Å²) in [4.78, 5) is 25.2. The van der Waals surface area contributed by atoms with Gasteiger partial charge in [-0.3, -0.25) is 9.59 Å². The second kappa shape index (κ2) is 4.72. The molecule has 2 saturated heterocycles. The van der Waals surface area contributed by atoms with Crippen molar-refractivity contribution < 1.29 is 14.7 Å². The Morgan fingerprint density at radius 1 is 1.39 bits per heavy atom. The summed E-state index contributed by atoms with van der Waals surface area (Å²) in [6.07, 6.45) is 1.40. The van der Waals surface area contributed by atoms with Crippen LogP contribution in [0.15, 0.2) is 11.1 Å². The Morgan fingerprint density at radius 3 is 2.56 bits per heavy atom. The second-order valence-corrected chi connectivity index (χ2v) is 5.53. The molecule has 18 heavy (non-hydrogen) atoms. The van der Waals surface area contributed by atoms with Gasteiger partial charge in [0, 0.05) is 31.8 Å². The van der Waals surface area contributed by atoms with Crippen LogP contribution in [0.4, 0.5) is 0 Å². The van der Waals surface area contributed by atoms with Crippen molar-refractivity contribution in [3.05, 3.63) is 11.1 Å². The monoisotopic (exact) mass is 252 g/mol.